The smallest absolute Gasteiger partial charge is 0.247 e. The fraction of sp³-hybridized carbons (Fsp3) is 0.111. The Kier molecular flexibility index (Phi) is 6.36. The van der Waals surface area contributed by atoms with Crippen molar-refractivity contribution in [1.82, 2.24) is 5.32 Å². The highest BCUT2D eigenvalue weighted by Crippen LogP contribution is 2.32. The molecule has 0 unspecified atom stereocenters. The number of carbonyl (C=O) groups is 2. The van der Waals surface area contributed by atoms with E-state index in [1.54, 1.807) is 42.6 Å². The molecular weight excluding hydrogens is 499 g/mol. The third-order valence-corrected chi connectivity index (χ3v) is 5.79. The Morgan fingerprint density at radius 1 is 1.26 bits per heavy atom. The first-order chi connectivity index (χ1) is 13.0. The number of thioether (sulfide) groups is 1. The number of anilines is 1. The number of imide groups is 1. The summed E-state index contributed by atoms with van der Waals surface area (Å²) in [5.74, 6) is -0.620. The molecule has 1 fully saturated rings. The fourth-order valence-electron chi connectivity index (χ4n) is 2.48. The van der Waals surface area contributed by atoms with Gasteiger partial charge in [-0.25, -0.2) is 9.89 Å². The van der Waals surface area contributed by atoms with E-state index in [1.807, 2.05) is 12.1 Å². The van der Waals surface area contributed by atoms with E-state index in [0.29, 0.717) is 16.4 Å². The minimum Gasteiger partial charge on any atom is -0.274 e. The molecular formula is C18H12ClIN4O2S. The van der Waals surface area contributed by atoms with Crippen molar-refractivity contribution >= 4 is 74.3 Å². The number of carbonyl (C=O) groups excluding carboxylic acids is 2. The monoisotopic (exact) mass is 510 g/mol. The summed E-state index contributed by atoms with van der Waals surface area (Å²) in [4.78, 5) is 30.6. The molecule has 2 amide bonds. The average molecular weight is 511 g/mol. The third kappa shape index (κ3) is 4.61. The van der Waals surface area contributed by atoms with Gasteiger partial charge < -0.3 is 0 Å². The molecule has 1 atom stereocenters. The van der Waals surface area contributed by atoms with E-state index in [9.17, 15) is 9.59 Å². The molecule has 0 aliphatic carbocycles. The molecule has 1 aliphatic rings. The van der Waals surface area contributed by atoms with Crippen LogP contribution in [0.4, 0.5) is 11.4 Å². The van der Waals surface area contributed by atoms with Crippen molar-refractivity contribution in [2.24, 2.45) is 4.99 Å². The Hall–Kier alpha value is -2.09. The largest absolute Gasteiger partial charge is 0.274 e. The lowest BCUT2D eigenvalue weighted by Gasteiger charge is -2.15. The highest BCUT2D eigenvalue weighted by molar-refractivity contribution is 14.1. The van der Waals surface area contributed by atoms with Crippen LogP contribution in [0, 0.1) is 15.0 Å². The summed E-state index contributed by atoms with van der Waals surface area (Å²) in [6.45, 7) is 0. The van der Waals surface area contributed by atoms with Crippen LogP contribution in [-0.2, 0) is 9.59 Å². The number of halogens is 2. The second-order valence-corrected chi connectivity index (χ2v) is 8.30. The van der Waals surface area contributed by atoms with Crippen LogP contribution in [0.1, 0.15) is 6.42 Å². The number of benzene rings is 2. The lowest BCUT2D eigenvalue weighted by atomic mass is 10.3. The quantitative estimate of drug-likeness (QED) is 0.168. The lowest BCUT2D eigenvalue weighted by Crippen LogP contribution is -2.32. The van der Waals surface area contributed by atoms with Crippen LogP contribution in [0.3, 0.4) is 0 Å². The zero-order chi connectivity index (χ0) is 19.4. The van der Waals surface area contributed by atoms with Gasteiger partial charge in [0.15, 0.2) is 11.4 Å². The molecule has 6 nitrogen and oxygen atoms in total. The van der Waals surface area contributed by atoms with E-state index in [0.717, 1.165) is 15.3 Å². The van der Waals surface area contributed by atoms with Gasteiger partial charge in [-0.05, 0) is 59.0 Å². The number of nitrogens with zero attached hydrogens (tertiary/aromatic N) is 3. The third-order valence-electron chi connectivity index (χ3n) is 3.68. The Labute approximate surface area is 178 Å². The van der Waals surface area contributed by atoms with Crippen LogP contribution in [-0.4, -0.2) is 22.2 Å². The predicted octanol–water partition coefficient (Wildman–Crippen LogP) is 4.07. The fourth-order valence-corrected chi connectivity index (χ4v) is 3.97. The van der Waals surface area contributed by atoms with Crippen molar-refractivity contribution in [3.8, 4) is 6.19 Å². The summed E-state index contributed by atoms with van der Waals surface area (Å²) < 4.78 is 1.01. The maximum absolute atomic E-state index is 12.8. The summed E-state index contributed by atoms with van der Waals surface area (Å²) in [5, 5.41) is 11.4. The highest BCUT2D eigenvalue weighted by Gasteiger charge is 2.40. The number of hydrogen-bond acceptors (Lipinski definition) is 5. The summed E-state index contributed by atoms with van der Waals surface area (Å²) >= 11 is 9.29. The Bertz CT molecular complexity index is 959. The van der Waals surface area contributed by atoms with Crippen LogP contribution in [0.25, 0.3) is 0 Å². The minimum absolute atomic E-state index is 0.0319. The molecule has 9 heteroatoms. The first-order valence-electron chi connectivity index (χ1n) is 7.77. The standard InChI is InChI=1S/C18H12ClIN4O2S/c19-13-3-1-2-4-14(13)23-18(22-10-21)27-15-9-16(25)24(17(15)26)12-7-5-11(20)6-8-12/h1-8,15H,9H2,(H,22,23)/t15-/m1/s1. The molecule has 0 bridgehead atoms. The van der Waals surface area contributed by atoms with Crippen molar-refractivity contribution in [1.29, 1.82) is 5.26 Å². The van der Waals surface area contributed by atoms with Gasteiger partial charge >= 0.3 is 0 Å². The number of para-hydroxylation sites is 1. The van der Waals surface area contributed by atoms with Gasteiger partial charge in [0, 0.05) is 9.99 Å². The van der Waals surface area contributed by atoms with Crippen LogP contribution in [0.15, 0.2) is 53.5 Å². The van der Waals surface area contributed by atoms with Crippen molar-refractivity contribution in [2.75, 3.05) is 4.90 Å². The van der Waals surface area contributed by atoms with Gasteiger partial charge in [-0.15, -0.1) is 0 Å². The normalized spacial score (nSPS) is 17.1. The molecule has 0 radical (unpaired) electrons. The minimum atomic E-state index is -0.668. The van der Waals surface area contributed by atoms with Crippen molar-refractivity contribution in [3.63, 3.8) is 0 Å². The second-order valence-electron chi connectivity index (χ2n) is 5.46. The van der Waals surface area contributed by atoms with E-state index >= 15 is 0 Å². The molecule has 27 heavy (non-hydrogen) atoms. The molecule has 0 spiro atoms. The lowest BCUT2D eigenvalue weighted by molar-refractivity contribution is -0.121. The number of rotatable bonds is 3. The molecule has 1 saturated heterocycles. The highest BCUT2D eigenvalue weighted by atomic mass is 127. The van der Waals surface area contributed by atoms with Gasteiger partial charge in [0.25, 0.3) is 0 Å². The number of hydrogen-bond donors (Lipinski definition) is 1. The van der Waals surface area contributed by atoms with Crippen LogP contribution >= 0.6 is 46.0 Å². The van der Waals surface area contributed by atoms with E-state index in [2.05, 4.69) is 32.9 Å². The number of aliphatic imine (C=N–C) groups is 1. The first-order valence-corrected chi connectivity index (χ1v) is 10.1. The van der Waals surface area contributed by atoms with Crippen molar-refractivity contribution < 1.29 is 9.59 Å². The van der Waals surface area contributed by atoms with Crippen LogP contribution in [0.2, 0.25) is 5.02 Å². The number of nitriles is 1. The molecule has 0 saturated carbocycles. The molecule has 1 N–H and O–H groups in total. The van der Waals surface area contributed by atoms with E-state index < -0.39 is 5.25 Å². The maximum atomic E-state index is 12.8. The number of nitrogens with one attached hydrogen (secondary N) is 1. The Morgan fingerprint density at radius 2 is 1.96 bits per heavy atom. The van der Waals surface area contributed by atoms with Gasteiger partial charge in [0.2, 0.25) is 11.8 Å². The van der Waals surface area contributed by atoms with Crippen LogP contribution < -0.4 is 10.2 Å². The van der Waals surface area contributed by atoms with Gasteiger partial charge in [0.1, 0.15) is 5.25 Å². The zero-order valence-corrected chi connectivity index (χ0v) is 17.5. The van der Waals surface area contributed by atoms with Gasteiger partial charge in [-0.2, -0.15) is 5.26 Å². The molecule has 2 aromatic carbocycles. The SMILES string of the molecule is N#CNC(=Nc1ccccc1Cl)S[C@@H]1CC(=O)N(c2ccc(I)cc2)C1=O. The number of amidine groups is 1. The predicted molar refractivity (Wildman–Crippen MR) is 115 cm³/mol. The molecule has 0 aromatic heterocycles. The zero-order valence-electron chi connectivity index (χ0n) is 13.7. The molecule has 1 heterocycles. The Morgan fingerprint density at radius 3 is 2.63 bits per heavy atom. The van der Waals surface area contributed by atoms with E-state index in [4.69, 9.17) is 16.9 Å². The van der Waals surface area contributed by atoms with Crippen molar-refractivity contribution in [2.45, 2.75) is 11.7 Å². The molecule has 3 rings (SSSR count). The summed E-state index contributed by atoms with van der Waals surface area (Å²) in [6, 6.07) is 14.0. The summed E-state index contributed by atoms with van der Waals surface area (Å²) in [7, 11) is 0. The molecule has 2 aromatic rings. The van der Waals surface area contributed by atoms with E-state index in [1.165, 1.54) is 4.90 Å². The molecule has 1 aliphatic heterocycles. The average Bonchev–Trinajstić information content (AvgIpc) is 2.92. The first kappa shape index (κ1) is 19.7. The summed E-state index contributed by atoms with van der Waals surface area (Å²) in [5.41, 5.74) is 1.00. The molecule has 136 valence electrons. The maximum Gasteiger partial charge on any atom is 0.247 e. The van der Waals surface area contributed by atoms with Gasteiger partial charge in [0.05, 0.1) is 16.4 Å². The Balaban J connectivity index is 1.82. The second kappa shape index (κ2) is 8.73. The van der Waals surface area contributed by atoms with Crippen molar-refractivity contribution in [3.05, 3.63) is 57.1 Å². The topological polar surface area (TPSA) is 85.6 Å². The summed E-state index contributed by atoms with van der Waals surface area (Å²) in [6.07, 6.45) is 1.83. The van der Waals surface area contributed by atoms with Gasteiger partial charge in [-0.1, -0.05) is 35.5 Å². The number of amides is 2. The van der Waals surface area contributed by atoms with Gasteiger partial charge in [-0.3, -0.25) is 14.9 Å². The van der Waals surface area contributed by atoms with E-state index in [-0.39, 0.29) is 23.4 Å². The van der Waals surface area contributed by atoms with Crippen LogP contribution in [0.5, 0.6) is 0 Å².